The van der Waals surface area contributed by atoms with Crippen molar-refractivity contribution in [2.75, 3.05) is 13.2 Å². The molecule has 0 fully saturated rings. The summed E-state index contributed by atoms with van der Waals surface area (Å²) in [5, 5.41) is 7.31. The molecule has 0 heterocycles. The molecular weight excluding hydrogens is 256 g/mol. The van der Waals surface area contributed by atoms with Gasteiger partial charge < -0.3 is 20.9 Å². The van der Waals surface area contributed by atoms with Crippen molar-refractivity contribution in [1.82, 2.24) is 0 Å². The van der Waals surface area contributed by atoms with Crippen LogP contribution in [0, 0.1) is 5.92 Å². The van der Waals surface area contributed by atoms with Gasteiger partial charge in [-0.2, -0.15) is 5.10 Å². The van der Waals surface area contributed by atoms with E-state index in [1.165, 1.54) is 0 Å². The monoisotopic (exact) mass is 278 g/mol. The first-order chi connectivity index (χ1) is 9.52. The number of nitrogens with zero attached hydrogens (tertiary/aromatic N) is 2. The molecule has 0 radical (unpaired) electrons. The topological polar surface area (TPSA) is 95.2 Å². The Balaban J connectivity index is 2.88. The maximum atomic E-state index is 5.71. The second-order valence-electron chi connectivity index (χ2n) is 4.61. The van der Waals surface area contributed by atoms with Crippen LogP contribution in [-0.2, 0) is 0 Å². The molecule has 0 aliphatic carbocycles. The number of hydrogen-bond donors (Lipinski definition) is 2. The molecule has 4 N–H and O–H groups in total. The highest BCUT2D eigenvalue weighted by Crippen LogP contribution is 2.28. The third-order valence-electron chi connectivity index (χ3n) is 2.22. The number of rotatable bonds is 7. The van der Waals surface area contributed by atoms with Crippen LogP contribution < -0.4 is 20.9 Å². The molecule has 0 aliphatic rings. The molecule has 0 spiro atoms. The summed E-state index contributed by atoms with van der Waals surface area (Å²) in [6.07, 6.45) is 1.55. The van der Waals surface area contributed by atoms with E-state index in [9.17, 15) is 0 Å². The molecule has 1 aromatic carbocycles. The summed E-state index contributed by atoms with van der Waals surface area (Å²) < 4.78 is 11.3. The summed E-state index contributed by atoms with van der Waals surface area (Å²) in [6.45, 7) is 7.31. The molecule has 1 rings (SSSR count). The maximum absolute atomic E-state index is 5.71. The molecule has 0 unspecified atom stereocenters. The number of nitrogens with two attached hydrogens (primary N) is 2. The van der Waals surface area contributed by atoms with Gasteiger partial charge in [0.1, 0.15) is 0 Å². The molecule has 1 aromatic rings. The van der Waals surface area contributed by atoms with Crippen LogP contribution in [0.1, 0.15) is 26.3 Å². The average molecular weight is 278 g/mol. The summed E-state index contributed by atoms with van der Waals surface area (Å²) in [7, 11) is 0. The van der Waals surface area contributed by atoms with Crippen LogP contribution in [-0.4, -0.2) is 25.4 Å². The van der Waals surface area contributed by atoms with E-state index in [-0.39, 0.29) is 5.96 Å². The largest absolute Gasteiger partial charge is 0.490 e. The van der Waals surface area contributed by atoms with Gasteiger partial charge in [-0.25, -0.2) is 0 Å². The van der Waals surface area contributed by atoms with Crippen molar-refractivity contribution in [2.45, 2.75) is 20.8 Å². The van der Waals surface area contributed by atoms with Crippen molar-refractivity contribution in [2.24, 2.45) is 27.6 Å². The van der Waals surface area contributed by atoms with Crippen LogP contribution in [0.15, 0.2) is 28.4 Å². The highest BCUT2D eigenvalue weighted by atomic mass is 16.5. The Morgan fingerprint density at radius 2 is 2.00 bits per heavy atom. The Bertz CT molecular complexity index is 480. The lowest BCUT2D eigenvalue weighted by molar-refractivity contribution is 0.248. The Kier molecular flexibility index (Phi) is 6.36. The lowest BCUT2D eigenvalue weighted by atomic mass is 10.2. The maximum Gasteiger partial charge on any atom is 0.211 e. The molecular formula is C14H22N4O2. The van der Waals surface area contributed by atoms with E-state index in [0.29, 0.717) is 24.9 Å². The van der Waals surface area contributed by atoms with Crippen molar-refractivity contribution in [3.63, 3.8) is 0 Å². The zero-order valence-corrected chi connectivity index (χ0v) is 12.2. The van der Waals surface area contributed by atoms with Crippen molar-refractivity contribution >= 4 is 12.2 Å². The zero-order valence-electron chi connectivity index (χ0n) is 12.2. The van der Waals surface area contributed by atoms with E-state index in [2.05, 4.69) is 24.1 Å². The highest BCUT2D eigenvalue weighted by molar-refractivity contribution is 5.82. The van der Waals surface area contributed by atoms with Crippen LogP contribution in [0.25, 0.3) is 0 Å². The van der Waals surface area contributed by atoms with E-state index in [4.69, 9.17) is 20.9 Å². The fraction of sp³-hybridized carbons (Fsp3) is 0.429. The van der Waals surface area contributed by atoms with Gasteiger partial charge in [0, 0.05) is 0 Å². The first kappa shape index (κ1) is 15.8. The average Bonchev–Trinajstić information content (AvgIpc) is 2.37. The van der Waals surface area contributed by atoms with Gasteiger partial charge in [0.2, 0.25) is 5.96 Å². The van der Waals surface area contributed by atoms with E-state index >= 15 is 0 Å². The quantitative estimate of drug-likeness (QED) is 0.451. The number of ether oxygens (including phenoxy) is 2. The highest BCUT2D eigenvalue weighted by Gasteiger charge is 2.06. The minimum Gasteiger partial charge on any atom is -0.490 e. The summed E-state index contributed by atoms with van der Waals surface area (Å²) in [5.74, 6) is 1.78. The van der Waals surface area contributed by atoms with Gasteiger partial charge in [-0.15, -0.1) is 5.10 Å². The molecule has 0 atom stereocenters. The lowest BCUT2D eigenvalue weighted by Crippen LogP contribution is -2.21. The van der Waals surface area contributed by atoms with E-state index in [1.807, 2.05) is 25.1 Å². The Morgan fingerprint density at radius 3 is 2.60 bits per heavy atom. The third-order valence-corrected chi connectivity index (χ3v) is 2.22. The molecule has 0 bridgehead atoms. The van der Waals surface area contributed by atoms with Crippen molar-refractivity contribution in [3.8, 4) is 11.5 Å². The number of hydrogen-bond acceptors (Lipinski definition) is 4. The van der Waals surface area contributed by atoms with Crippen molar-refractivity contribution < 1.29 is 9.47 Å². The van der Waals surface area contributed by atoms with Gasteiger partial charge in [0.05, 0.1) is 19.4 Å². The van der Waals surface area contributed by atoms with Gasteiger partial charge in [0.15, 0.2) is 11.5 Å². The molecule has 0 aliphatic heterocycles. The summed E-state index contributed by atoms with van der Waals surface area (Å²) in [5.41, 5.74) is 11.2. The predicted molar refractivity (Wildman–Crippen MR) is 81.3 cm³/mol. The van der Waals surface area contributed by atoms with Crippen LogP contribution in [0.2, 0.25) is 0 Å². The molecule has 6 nitrogen and oxygen atoms in total. The van der Waals surface area contributed by atoms with Crippen LogP contribution in [0.3, 0.4) is 0 Å². The number of benzene rings is 1. The molecule has 20 heavy (non-hydrogen) atoms. The van der Waals surface area contributed by atoms with Gasteiger partial charge >= 0.3 is 0 Å². The molecule has 0 amide bonds. The van der Waals surface area contributed by atoms with Gasteiger partial charge in [0.25, 0.3) is 0 Å². The fourth-order valence-corrected chi connectivity index (χ4v) is 1.41. The Labute approximate surface area is 119 Å². The van der Waals surface area contributed by atoms with Gasteiger partial charge in [-0.05, 0) is 36.6 Å². The summed E-state index contributed by atoms with van der Waals surface area (Å²) in [4.78, 5) is 0. The van der Waals surface area contributed by atoms with Crippen LogP contribution in [0.4, 0.5) is 0 Å². The number of guanidine groups is 1. The van der Waals surface area contributed by atoms with E-state index in [1.54, 1.807) is 6.21 Å². The van der Waals surface area contributed by atoms with Crippen molar-refractivity contribution in [3.05, 3.63) is 23.8 Å². The molecule has 6 heteroatoms. The molecule has 0 saturated carbocycles. The summed E-state index contributed by atoms with van der Waals surface area (Å²) >= 11 is 0. The fourth-order valence-electron chi connectivity index (χ4n) is 1.41. The summed E-state index contributed by atoms with van der Waals surface area (Å²) in [6, 6.07) is 5.55. The first-order valence-electron chi connectivity index (χ1n) is 6.54. The molecule has 110 valence electrons. The van der Waals surface area contributed by atoms with Gasteiger partial charge in [-0.3, -0.25) is 0 Å². The van der Waals surface area contributed by atoms with E-state index in [0.717, 1.165) is 11.3 Å². The van der Waals surface area contributed by atoms with Crippen LogP contribution in [0.5, 0.6) is 11.5 Å². The second kappa shape index (κ2) is 8.04. The smallest absolute Gasteiger partial charge is 0.211 e. The minimum absolute atomic E-state index is 0.0804. The third kappa shape index (κ3) is 5.60. The normalized spacial score (nSPS) is 10.8. The SMILES string of the molecule is CCOc1cc(/C=N/N=C(N)N)ccc1OCC(C)C. The predicted octanol–water partition coefficient (Wildman–Crippen LogP) is 1.73. The van der Waals surface area contributed by atoms with Gasteiger partial charge in [-0.1, -0.05) is 13.8 Å². The zero-order chi connectivity index (χ0) is 15.0. The Hall–Kier alpha value is -2.24. The Morgan fingerprint density at radius 1 is 1.25 bits per heavy atom. The molecule has 0 aromatic heterocycles. The van der Waals surface area contributed by atoms with E-state index < -0.39 is 0 Å². The van der Waals surface area contributed by atoms with Crippen LogP contribution >= 0.6 is 0 Å². The molecule has 0 saturated heterocycles. The second-order valence-corrected chi connectivity index (χ2v) is 4.61. The first-order valence-corrected chi connectivity index (χ1v) is 6.54. The minimum atomic E-state index is -0.0804. The standard InChI is InChI=1S/C14H22N4O2/c1-4-19-13-7-11(8-17-18-14(15)16)5-6-12(13)20-9-10(2)3/h5-8,10H,4,9H2,1-3H3,(H4,15,16,18)/b17-8+. The lowest BCUT2D eigenvalue weighted by Gasteiger charge is -2.13. The van der Waals surface area contributed by atoms with Crippen molar-refractivity contribution in [1.29, 1.82) is 0 Å².